The third-order valence-corrected chi connectivity index (χ3v) is 6.25. The van der Waals surface area contributed by atoms with E-state index in [2.05, 4.69) is 10.3 Å². The number of thiazole rings is 1. The third kappa shape index (κ3) is 3.70. The number of aromatic nitrogens is 3. The van der Waals surface area contributed by atoms with Gasteiger partial charge in [-0.1, -0.05) is 36.4 Å². The van der Waals surface area contributed by atoms with E-state index in [0.717, 1.165) is 28.9 Å². The zero-order chi connectivity index (χ0) is 21.4. The zero-order valence-electron chi connectivity index (χ0n) is 17.0. The lowest BCUT2D eigenvalue weighted by Gasteiger charge is -2.10. The molecule has 5 rings (SSSR count). The van der Waals surface area contributed by atoms with Crippen LogP contribution in [0.25, 0.3) is 16.9 Å². The average molecular weight is 432 g/mol. The molecule has 1 fully saturated rings. The molecule has 2 amide bonds. The maximum absolute atomic E-state index is 12.9. The van der Waals surface area contributed by atoms with Gasteiger partial charge in [-0.3, -0.25) is 18.9 Å². The first-order valence-corrected chi connectivity index (χ1v) is 11.1. The van der Waals surface area contributed by atoms with Gasteiger partial charge in [0.15, 0.2) is 5.13 Å². The van der Waals surface area contributed by atoms with Crippen molar-refractivity contribution in [2.24, 2.45) is 0 Å². The van der Waals surface area contributed by atoms with Crippen LogP contribution in [0.5, 0.6) is 0 Å². The number of carbonyl (C=O) groups excluding carboxylic acids is 2. The number of rotatable bonds is 5. The van der Waals surface area contributed by atoms with E-state index in [1.54, 1.807) is 4.90 Å². The minimum Gasteiger partial charge on any atom is -0.310 e. The zero-order valence-corrected chi connectivity index (χ0v) is 17.9. The molecule has 1 aromatic carbocycles. The molecule has 7 nitrogen and oxygen atoms in total. The number of benzene rings is 1. The van der Waals surface area contributed by atoms with Gasteiger partial charge in [-0.15, -0.1) is 11.3 Å². The van der Waals surface area contributed by atoms with Crippen LogP contribution in [0.1, 0.15) is 24.1 Å². The monoisotopic (exact) mass is 431 g/mol. The number of carbonyl (C=O) groups is 2. The highest BCUT2D eigenvalue weighted by molar-refractivity contribution is 7.14. The molecular formula is C23H21N5O2S. The number of pyridine rings is 1. The molecule has 0 spiro atoms. The van der Waals surface area contributed by atoms with Crippen LogP contribution in [0.4, 0.5) is 10.9 Å². The van der Waals surface area contributed by atoms with E-state index >= 15 is 0 Å². The van der Waals surface area contributed by atoms with Gasteiger partial charge in [-0.25, -0.2) is 9.97 Å². The first kappa shape index (κ1) is 19.4. The minimum absolute atomic E-state index is 0.0963. The lowest BCUT2D eigenvalue weighted by Crippen LogP contribution is -2.23. The molecule has 156 valence electrons. The van der Waals surface area contributed by atoms with Crippen molar-refractivity contribution < 1.29 is 9.59 Å². The molecule has 0 radical (unpaired) electrons. The van der Waals surface area contributed by atoms with Crippen LogP contribution < -0.4 is 10.2 Å². The van der Waals surface area contributed by atoms with Gasteiger partial charge in [0.1, 0.15) is 17.2 Å². The van der Waals surface area contributed by atoms with E-state index in [9.17, 15) is 9.59 Å². The van der Waals surface area contributed by atoms with Gasteiger partial charge in [0.2, 0.25) is 11.8 Å². The Labute approximate surface area is 183 Å². The van der Waals surface area contributed by atoms with Gasteiger partial charge >= 0.3 is 0 Å². The second-order valence-corrected chi connectivity index (χ2v) is 8.39. The van der Waals surface area contributed by atoms with Crippen molar-refractivity contribution in [2.45, 2.75) is 26.2 Å². The number of nitrogens with zero attached hydrogens (tertiary/aromatic N) is 4. The summed E-state index contributed by atoms with van der Waals surface area (Å²) in [5, 5.41) is 5.55. The Kier molecular flexibility index (Phi) is 4.99. The van der Waals surface area contributed by atoms with Crippen LogP contribution in [0.3, 0.4) is 0 Å². The van der Waals surface area contributed by atoms with E-state index in [1.165, 1.54) is 11.3 Å². The molecule has 1 saturated heterocycles. The van der Waals surface area contributed by atoms with Crippen molar-refractivity contribution in [3.63, 3.8) is 0 Å². The molecule has 1 aliphatic heterocycles. The SMILES string of the molecule is Cc1cccn2c(NC(=O)Cc3csc(N4CCCC4=O)n3)c(-c3ccccc3)nc12. The van der Waals surface area contributed by atoms with Crippen LogP contribution in [-0.4, -0.2) is 32.7 Å². The van der Waals surface area contributed by atoms with Crippen molar-refractivity contribution in [3.8, 4) is 11.3 Å². The number of fused-ring (bicyclic) bond motifs is 1. The fourth-order valence-electron chi connectivity index (χ4n) is 3.81. The third-order valence-electron chi connectivity index (χ3n) is 5.34. The Morgan fingerprint density at radius 1 is 1.16 bits per heavy atom. The fourth-order valence-corrected chi connectivity index (χ4v) is 4.68. The fraction of sp³-hybridized carbons (Fsp3) is 0.217. The van der Waals surface area contributed by atoms with Crippen molar-refractivity contribution in [1.29, 1.82) is 0 Å². The second-order valence-electron chi connectivity index (χ2n) is 7.56. The van der Waals surface area contributed by atoms with Gasteiger partial charge < -0.3 is 5.32 Å². The first-order chi connectivity index (χ1) is 15.1. The van der Waals surface area contributed by atoms with Crippen molar-refractivity contribution in [2.75, 3.05) is 16.8 Å². The summed E-state index contributed by atoms with van der Waals surface area (Å²) in [6.07, 6.45) is 3.44. The highest BCUT2D eigenvalue weighted by atomic mass is 32.1. The molecule has 1 N–H and O–H groups in total. The number of anilines is 2. The van der Waals surface area contributed by atoms with Crippen LogP contribution in [-0.2, 0) is 16.0 Å². The number of hydrogen-bond donors (Lipinski definition) is 1. The topological polar surface area (TPSA) is 79.6 Å². The molecule has 4 aromatic rings. The summed E-state index contributed by atoms with van der Waals surface area (Å²) >= 11 is 1.40. The number of aryl methyl sites for hydroxylation is 1. The number of amides is 2. The molecule has 0 saturated carbocycles. The molecule has 31 heavy (non-hydrogen) atoms. The van der Waals surface area contributed by atoms with Crippen LogP contribution >= 0.6 is 11.3 Å². The highest BCUT2D eigenvalue weighted by Gasteiger charge is 2.25. The van der Waals surface area contributed by atoms with Gasteiger partial charge in [0.25, 0.3) is 0 Å². The van der Waals surface area contributed by atoms with E-state index in [0.29, 0.717) is 29.6 Å². The largest absolute Gasteiger partial charge is 0.310 e. The van der Waals surface area contributed by atoms with E-state index in [1.807, 2.05) is 65.4 Å². The summed E-state index contributed by atoms with van der Waals surface area (Å²) in [7, 11) is 0. The number of imidazole rings is 1. The lowest BCUT2D eigenvalue weighted by molar-refractivity contribution is -0.117. The van der Waals surface area contributed by atoms with Gasteiger partial charge in [-0.05, 0) is 25.0 Å². The summed E-state index contributed by atoms with van der Waals surface area (Å²) in [4.78, 5) is 35.9. The van der Waals surface area contributed by atoms with Crippen LogP contribution in [0.15, 0.2) is 54.0 Å². The highest BCUT2D eigenvalue weighted by Crippen LogP contribution is 2.30. The molecule has 4 heterocycles. The van der Waals surface area contributed by atoms with Gasteiger partial charge in [-0.2, -0.15) is 0 Å². The molecule has 8 heteroatoms. The Bertz CT molecular complexity index is 1280. The lowest BCUT2D eigenvalue weighted by atomic mass is 10.1. The Balaban J connectivity index is 1.42. The average Bonchev–Trinajstić information content (AvgIpc) is 3.48. The van der Waals surface area contributed by atoms with Crippen LogP contribution in [0, 0.1) is 6.92 Å². The van der Waals surface area contributed by atoms with Crippen LogP contribution in [0.2, 0.25) is 0 Å². The number of hydrogen-bond acceptors (Lipinski definition) is 5. The minimum atomic E-state index is -0.176. The van der Waals surface area contributed by atoms with Crippen molar-refractivity contribution >= 4 is 39.7 Å². The van der Waals surface area contributed by atoms with Crippen molar-refractivity contribution in [1.82, 2.24) is 14.4 Å². The van der Waals surface area contributed by atoms with Gasteiger partial charge in [0, 0.05) is 30.1 Å². The molecule has 3 aromatic heterocycles. The normalized spacial score (nSPS) is 13.8. The summed E-state index contributed by atoms with van der Waals surface area (Å²) < 4.78 is 1.91. The summed E-state index contributed by atoms with van der Waals surface area (Å²) in [5.41, 5.74) is 4.15. The predicted molar refractivity (Wildman–Crippen MR) is 121 cm³/mol. The Hall–Kier alpha value is -3.52. The van der Waals surface area contributed by atoms with E-state index in [-0.39, 0.29) is 18.2 Å². The molecule has 0 bridgehead atoms. The smallest absolute Gasteiger partial charge is 0.231 e. The summed E-state index contributed by atoms with van der Waals surface area (Å²) in [6.45, 7) is 2.69. The van der Waals surface area contributed by atoms with E-state index in [4.69, 9.17) is 4.98 Å². The molecule has 1 aliphatic rings. The first-order valence-electron chi connectivity index (χ1n) is 10.2. The summed E-state index contributed by atoms with van der Waals surface area (Å²) in [6, 6.07) is 13.8. The standard InChI is InChI=1S/C23H21N5O2S/c1-15-7-5-12-28-21(15)26-20(16-8-3-2-4-9-16)22(28)25-18(29)13-17-14-31-23(24-17)27-11-6-10-19(27)30/h2-5,7-9,12,14H,6,10-11,13H2,1H3,(H,25,29). The predicted octanol–water partition coefficient (Wildman–Crippen LogP) is 4.07. The summed E-state index contributed by atoms with van der Waals surface area (Å²) in [5.74, 6) is 0.559. The Morgan fingerprint density at radius 2 is 2.00 bits per heavy atom. The Morgan fingerprint density at radius 3 is 2.77 bits per heavy atom. The number of nitrogens with one attached hydrogen (secondary N) is 1. The quantitative estimate of drug-likeness (QED) is 0.517. The van der Waals surface area contributed by atoms with E-state index < -0.39 is 0 Å². The molecule has 0 unspecified atom stereocenters. The maximum Gasteiger partial charge on any atom is 0.231 e. The second kappa shape index (κ2) is 7.96. The molecule has 0 aliphatic carbocycles. The maximum atomic E-state index is 12.9. The van der Waals surface area contributed by atoms with Gasteiger partial charge in [0.05, 0.1) is 12.1 Å². The molecular weight excluding hydrogens is 410 g/mol. The van der Waals surface area contributed by atoms with Crippen molar-refractivity contribution in [3.05, 3.63) is 65.3 Å². The molecule has 0 atom stereocenters.